The molecule has 3 atom stereocenters. The number of hydrogen-bond donors (Lipinski definition) is 0. The summed E-state index contributed by atoms with van der Waals surface area (Å²) in [6.07, 6.45) is 2.99. The smallest absolute Gasteiger partial charge is 0.307 e. The lowest BCUT2D eigenvalue weighted by Crippen LogP contribution is -2.36. The number of hydrogen-bond acceptors (Lipinski definition) is 3. The molecule has 0 aromatic rings. The maximum atomic E-state index is 11.5. The maximum absolute atomic E-state index is 11.5. The highest BCUT2D eigenvalue weighted by molar-refractivity contribution is 5.96. The summed E-state index contributed by atoms with van der Waals surface area (Å²) in [4.78, 5) is 22.5. The van der Waals surface area contributed by atoms with Gasteiger partial charge in [0.15, 0.2) is 11.4 Å². The monoisotopic (exact) mass is 166 g/mol. The van der Waals surface area contributed by atoms with Crippen molar-refractivity contribution in [2.45, 2.75) is 31.3 Å². The average molecular weight is 166 g/mol. The first-order valence-corrected chi connectivity index (χ1v) is 4.47. The molecule has 0 spiro atoms. The van der Waals surface area contributed by atoms with Crippen LogP contribution in [0.25, 0.3) is 0 Å². The van der Waals surface area contributed by atoms with Gasteiger partial charge < -0.3 is 4.74 Å². The van der Waals surface area contributed by atoms with Crippen LogP contribution in [-0.4, -0.2) is 17.4 Å². The zero-order valence-electron chi connectivity index (χ0n) is 6.71. The molecule has 2 bridgehead atoms. The molecule has 1 aliphatic heterocycles. The van der Waals surface area contributed by atoms with E-state index >= 15 is 0 Å². The minimum absolute atomic E-state index is 0.169. The van der Waals surface area contributed by atoms with Crippen molar-refractivity contribution in [2.24, 2.45) is 11.8 Å². The molecule has 64 valence electrons. The quantitative estimate of drug-likeness (QED) is 0.497. The van der Waals surface area contributed by atoms with Gasteiger partial charge in [-0.1, -0.05) is 0 Å². The highest BCUT2D eigenvalue weighted by Crippen LogP contribution is 2.56. The van der Waals surface area contributed by atoms with E-state index in [2.05, 4.69) is 0 Å². The van der Waals surface area contributed by atoms with E-state index in [1.807, 2.05) is 0 Å². The number of carbonyl (C=O) groups excluding carboxylic acids is 2. The molecule has 2 saturated carbocycles. The van der Waals surface area contributed by atoms with Crippen LogP contribution in [0.2, 0.25) is 0 Å². The molecule has 1 heterocycles. The van der Waals surface area contributed by atoms with Crippen molar-refractivity contribution in [1.29, 1.82) is 0 Å². The summed E-state index contributed by atoms with van der Waals surface area (Å²) in [5.41, 5.74) is -0.637. The van der Waals surface area contributed by atoms with Crippen molar-refractivity contribution in [1.82, 2.24) is 0 Å². The lowest BCUT2D eigenvalue weighted by molar-refractivity contribution is -0.157. The van der Waals surface area contributed by atoms with Crippen LogP contribution in [0.15, 0.2) is 0 Å². The van der Waals surface area contributed by atoms with Gasteiger partial charge in [-0.3, -0.25) is 9.59 Å². The fourth-order valence-corrected chi connectivity index (χ4v) is 3.11. The second-order valence-corrected chi connectivity index (χ2v) is 4.10. The molecule has 0 aromatic carbocycles. The van der Waals surface area contributed by atoms with Gasteiger partial charge in [-0.25, -0.2) is 0 Å². The Labute approximate surface area is 70.1 Å². The zero-order valence-corrected chi connectivity index (χ0v) is 6.71. The first-order chi connectivity index (χ1) is 5.72. The Morgan fingerprint density at radius 1 is 1.33 bits per heavy atom. The van der Waals surface area contributed by atoms with E-state index in [9.17, 15) is 9.59 Å². The van der Waals surface area contributed by atoms with Gasteiger partial charge >= 0.3 is 5.97 Å². The molecule has 0 aromatic heterocycles. The summed E-state index contributed by atoms with van der Waals surface area (Å²) in [6.45, 7) is 0. The summed E-state index contributed by atoms with van der Waals surface area (Å²) in [5.74, 6) is 0.689. The number of ether oxygens (including phenoxy) is 1. The molecule has 0 unspecified atom stereocenters. The van der Waals surface area contributed by atoms with E-state index < -0.39 is 5.60 Å². The Bertz CT molecular complexity index is 283. The molecule has 3 fully saturated rings. The van der Waals surface area contributed by atoms with Gasteiger partial charge in [0.25, 0.3) is 0 Å². The Balaban J connectivity index is 2.09. The van der Waals surface area contributed by atoms with Gasteiger partial charge in [0.05, 0.1) is 6.42 Å². The van der Waals surface area contributed by atoms with Crippen LogP contribution in [0.1, 0.15) is 25.7 Å². The predicted molar refractivity (Wildman–Crippen MR) is 39.3 cm³/mol. The van der Waals surface area contributed by atoms with Crippen LogP contribution in [0.5, 0.6) is 0 Å². The molecule has 3 heteroatoms. The lowest BCUT2D eigenvalue weighted by Gasteiger charge is -2.21. The molecular formula is C9H10O3. The van der Waals surface area contributed by atoms with E-state index in [1.165, 1.54) is 0 Å². The SMILES string of the molecule is O=C1C[C@H]2[C@@H]3CC[C@@]2(O1)C(=O)C3. The van der Waals surface area contributed by atoms with E-state index in [0.717, 1.165) is 12.8 Å². The van der Waals surface area contributed by atoms with Crippen molar-refractivity contribution in [3.63, 3.8) is 0 Å². The fourth-order valence-electron chi connectivity index (χ4n) is 3.11. The third-order valence-electron chi connectivity index (χ3n) is 3.66. The number of carbonyl (C=O) groups is 2. The van der Waals surface area contributed by atoms with Gasteiger partial charge in [-0.05, 0) is 18.8 Å². The van der Waals surface area contributed by atoms with Crippen LogP contribution in [0.3, 0.4) is 0 Å². The lowest BCUT2D eigenvalue weighted by atomic mass is 9.92. The fraction of sp³-hybridized carbons (Fsp3) is 0.778. The Kier molecular flexibility index (Phi) is 0.955. The van der Waals surface area contributed by atoms with Crippen molar-refractivity contribution in [2.75, 3.05) is 0 Å². The molecular weight excluding hydrogens is 156 g/mol. The molecule has 1 saturated heterocycles. The van der Waals surface area contributed by atoms with Crippen LogP contribution in [0.4, 0.5) is 0 Å². The Morgan fingerprint density at radius 3 is 2.83 bits per heavy atom. The van der Waals surface area contributed by atoms with Crippen molar-refractivity contribution in [3.8, 4) is 0 Å². The second-order valence-electron chi connectivity index (χ2n) is 4.10. The normalized spacial score (nSPS) is 49.7. The highest BCUT2D eigenvalue weighted by Gasteiger charge is 2.65. The molecule has 0 amide bonds. The topological polar surface area (TPSA) is 43.4 Å². The third-order valence-corrected chi connectivity index (χ3v) is 3.66. The van der Waals surface area contributed by atoms with Crippen molar-refractivity contribution >= 4 is 11.8 Å². The first-order valence-electron chi connectivity index (χ1n) is 4.47. The van der Waals surface area contributed by atoms with E-state index in [1.54, 1.807) is 0 Å². The standard InChI is InChI=1S/C9H10O3/c10-7-3-5-1-2-9(7)6(5)4-8(11)12-9/h5-6H,1-4H2/t5-,6+,9+/m1/s1. The minimum Gasteiger partial charge on any atom is -0.451 e. The summed E-state index contributed by atoms with van der Waals surface area (Å²) < 4.78 is 5.19. The minimum atomic E-state index is -0.637. The van der Waals surface area contributed by atoms with Gasteiger partial charge in [-0.2, -0.15) is 0 Å². The molecule has 2 aliphatic carbocycles. The van der Waals surface area contributed by atoms with Crippen LogP contribution >= 0.6 is 0 Å². The van der Waals surface area contributed by atoms with E-state index in [4.69, 9.17) is 4.74 Å². The summed E-state index contributed by atoms with van der Waals surface area (Å²) in [6, 6.07) is 0. The van der Waals surface area contributed by atoms with Crippen molar-refractivity contribution in [3.05, 3.63) is 0 Å². The zero-order chi connectivity index (χ0) is 8.34. The number of ketones is 1. The van der Waals surface area contributed by atoms with Crippen LogP contribution in [0, 0.1) is 11.8 Å². The number of Topliss-reactive ketones (excluding diaryl/α,β-unsaturated/α-hetero) is 1. The summed E-state index contributed by atoms with van der Waals surface area (Å²) in [5, 5.41) is 0. The number of esters is 1. The maximum Gasteiger partial charge on any atom is 0.307 e. The van der Waals surface area contributed by atoms with Crippen LogP contribution < -0.4 is 0 Å². The highest BCUT2D eigenvalue weighted by atomic mass is 16.6. The Morgan fingerprint density at radius 2 is 2.17 bits per heavy atom. The van der Waals surface area contributed by atoms with Gasteiger partial charge in [-0.15, -0.1) is 0 Å². The molecule has 0 radical (unpaired) electrons. The first kappa shape index (κ1) is 6.63. The summed E-state index contributed by atoms with van der Waals surface area (Å²) in [7, 11) is 0. The van der Waals surface area contributed by atoms with Gasteiger partial charge in [0.2, 0.25) is 0 Å². The molecule has 0 N–H and O–H groups in total. The third kappa shape index (κ3) is 0.520. The Hall–Kier alpha value is -0.860. The summed E-state index contributed by atoms with van der Waals surface area (Å²) >= 11 is 0. The van der Waals surface area contributed by atoms with E-state index in [-0.39, 0.29) is 17.7 Å². The van der Waals surface area contributed by atoms with Gasteiger partial charge in [0.1, 0.15) is 0 Å². The predicted octanol–water partition coefficient (Wildman–Crippen LogP) is 0.671. The largest absolute Gasteiger partial charge is 0.451 e. The average Bonchev–Trinajstić information content (AvgIpc) is 2.54. The number of rotatable bonds is 0. The molecule has 3 aliphatic rings. The van der Waals surface area contributed by atoms with Gasteiger partial charge in [0, 0.05) is 12.3 Å². The van der Waals surface area contributed by atoms with Crippen molar-refractivity contribution < 1.29 is 14.3 Å². The van der Waals surface area contributed by atoms with Crippen LogP contribution in [-0.2, 0) is 14.3 Å². The molecule has 3 rings (SSSR count). The molecule has 3 nitrogen and oxygen atoms in total. The van der Waals surface area contributed by atoms with E-state index in [0.29, 0.717) is 18.8 Å². The second kappa shape index (κ2) is 1.73. The molecule has 12 heavy (non-hydrogen) atoms.